The van der Waals surface area contributed by atoms with Gasteiger partial charge in [-0.2, -0.15) is 0 Å². The summed E-state index contributed by atoms with van der Waals surface area (Å²) in [6.45, 7) is 0. The molecule has 1 aliphatic heterocycles. The average Bonchev–Trinajstić information content (AvgIpc) is 2.82. The first kappa shape index (κ1) is 12.2. The predicted molar refractivity (Wildman–Crippen MR) is 79.5 cm³/mol. The van der Waals surface area contributed by atoms with E-state index in [-0.39, 0.29) is 11.2 Å². The van der Waals surface area contributed by atoms with Gasteiger partial charge in [-0.3, -0.25) is 9.79 Å². The van der Waals surface area contributed by atoms with Gasteiger partial charge in [0.2, 0.25) is 5.12 Å². The van der Waals surface area contributed by atoms with E-state index in [4.69, 9.17) is 0 Å². The second-order valence-electron chi connectivity index (χ2n) is 4.43. The minimum atomic E-state index is -0.248. The molecule has 1 atom stereocenters. The van der Waals surface area contributed by atoms with Gasteiger partial charge in [0.05, 0.1) is 0 Å². The smallest absolute Gasteiger partial charge is 0.220 e. The number of aliphatic imine (C=N–C) groups is 1. The number of hydrogen-bond donors (Lipinski definition) is 0. The maximum absolute atomic E-state index is 12.0. The van der Waals surface area contributed by atoms with E-state index in [2.05, 4.69) is 4.99 Å². The molecule has 2 aromatic carbocycles. The third-order valence-electron chi connectivity index (χ3n) is 3.04. The molecule has 0 N–H and O–H groups in total. The third-order valence-corrected chi connectivity index (χ3v) is 4.04. The van der Waals surface area contributed by atoms with Crippen molar-refractivity contribution in [2.24, 2.45) is 4.99 Å². The normalized spacial score (nSPS) is 18.4. The molecule has 0 aliphatic carbocycles. The van der Waals surface area contributed by atoms with Crippen LogP contribution >= 0.6 is 11.8 Å². The predicted octanol–water partition coefficient (Wildman–Crippen LogP) is 3.32. The van der Waals surface area contributed by atoms with Crippen molar-refractivity contribution >= 4 is 21.9 Å². The van der Waals surface area contributed by atoms with Crippen LogP contribution < -0.4 is 0 Å². The Morgan fingerprint density at radius 1 is 0.947 bits per heavy atom. The van der Waals surface area contributed by atoms with Crippen molar-refractivity contribution in [3.8, 4) is 0 Å². The fourth-order valence-corrected chi connectivity index (χ4v) is 2.96. The first-order valence-corrected chi connectivity index (χ1v) is 7.03. The van der Waals surface area contributed by atoms with Gasteiger partial charge < -0.3 is 0 Å². The summed E-state index contributed by atoms with van der Waals surface area (Å²) >= 11 is 1.26. The van der Waals surface area contributed by atoms with Crippen molar-refractivity contribution in [3.05, 3.63) is 71.8 Å². The Morgan fingerprint density at radius 2 is 1.58 bits per heavy atom. The van der Waals surface area contributed by atoms with Crippen LogP contribution in [0.5, 0.6) is 0 Å². The van der Waals surface area contributed by atoms with Crippen molar-refractivity contribution in [3.63, 3.8) is 0 Å². The fraction of sp³-hybridized carbons (Fsp3) is 0.125. The third kappa shape index (κ3) is 2.76. The van der Waals surface area contributed by atoms with Crippen LogP contribution in [-0.2, 0) is 11.2 Å². The summed E-state index contributed by atoms with van der Waals surface area (Å²) in [6.07, 6.45) is 0.684. The van der Waals surface area contributed by atoms with Gasteiger partial charge in [0, 0.05) is 12.0 Å². The van der Waals surface area contributed by atoms with Crippen LogP contribution in [0.4, 0.5) is 0 Å². The van der Waals surface area contributed by atoms with E-state index < -0.39 is 0 Å². The van der Waals surface area contributed by atoms with E-state index in [0.29, 0.717) is 6.42 Å². The molecular formula is C16H13NOS. The Hall–Kier alpha value is -1.87. The van der Waals surface area contributed by atoms with Gasteiger partial charge in [0.1, 0.15) is 11.1 Å². The number of carbonyl (C=O) groups excluding carboxylic acids is 1. The quantitative estimate of drug-likeness (QED) is 0.853. The Kier molecular flexibility index (Phi) is 3.47. The number of benzene rings is 2. The summed E-state index contributed by atoms with van der Waals surface area (Å²) < 4.78 is 0. The van der Waals surface area contributed by atoms with E-state index >= 15 is 0 Å². The molecule has 0 aromatic heterocycles. The summed E-state index contributed by atoms with van der Waals surface area (Å²) in [7, 11) is 0. The minimum absolute atomic E-state index is 0.141. The van der Waals surface area contributed by atoms with Crippen LogP contribution in [0.15, 0.2) is 65.7 Å². The van der Waals surface area contributed by atoms with Crippen LogP contribution in [0.2, 0.25) is 0 Å². The van der Waals surface area contributed by atoms with Crippen LogP contribution in [-0.4, -0.2) is 16.2 Å². The molecule has 1 heterocycles. The molecule has 2 nitrogen and oxygen atoms in total. The highest BCUT2D eigenvalue weighted by atomic mass is 32.2. The monoisotopic (exact) mass is 267 g/mol. The number of rotatable bonds is 3. The molecule has 0 saturated heterocycles. The number of thioether (sulfide) groups is 1. The first-order valence-electron chi connectivity index (χ1n) is 6.22. The molecule has 0 bridgehead atoms. The molecule has 0 unspecified atom stereocenters. The van der Waals surface area contributed by atoms with Gasteiger partial charge in [-0.15, -0.1) is 0 Å². The Labute approximate surface area is 116 Å². The highest BCUT2D eigenvalue weighted by Gasteiger charge is 2.28. The molecule has 19 heavy (non-hydrogen) atoms. The average molecular weight is 267 g/mol. The maximum Gasteiger partial charge on any atom is 0.220 e. The number of carbonyl (C=O) groups is 1. The van der Waals surface area contributed by atoms with Gasteiger partial charge in [-0.1, -0.05) is 60.7 Å². The zero-order valence-corrected chi connectivity index (χ0v) is 11.1. The standard InChI is InChI=1S/C16H13NOS/c18-16-14(11-12-7-3-1-4-8-12)17-15(19-16)13-9-5-2-6-10-13/h1-10,14H,11H2/t14-/m0/s1. The molecule has 3 rings (SSSR count). The van der Waals surface area contributed by atoms with E-state index in [1.54, 1.807) is 0 Å². The molecule has 0 amide bonds. The van der Waals surface area contributed by atoms with Crippen LogP contribution in [0.25, 0.3) is 0 Å². The highest BCUT2D eigenvalue weighted by Crippen LogP contribution is 2.26. The molecular weight excluding hydrogens is 254 g/mol. The van der Waals surface area contributed by atoms with Gasteiger partial charge in [-0.05, 0) is 17.3 Å². The highest BCUT2D eigenvalue weighted by molar-refractivity contribution is 8.27. The molecule has 0 radical (unpaired) electrons. The largest absolute Gasteiger partial charge is 0.284 e. The van der Waals surface area contributed by atoms with E-state index in [9.17, 15) is 4.79 Å². The molecule has 1 aliphatic rings. The summed E-state index contributed by atoms with van der Waals surface area (Å²) in [5.74, 6) is 0. The van der Waals surface area contributed by atoms with Crippen molar-refractivity contribution < 1.29 is 4.79 Å². The minimum Gasteiger partial charge on any atom is -0.284 e. The van der Waals surface area contributed by atoms with Gasteiger partial charge in [0.15, 0.2) is 0 Å². The van der Waals surface area contributed by atoms with Crippen LogP contribution in [0.1, 0.15) is 11.1 Å². The maximum atomic E-state index is 12.0. The summed E-state index contributed by atoms with van der Waals surface area (Å²) in [5, 5.41) is 0.981. The molecule has 94 valence electrons. The van der Waals surface area contributed by atoms with Crippen molar-refractivity contribution in [2.75, 3.05) is 0 Å². The number of nitrogens with zero attached hydrogens (tertiary/aromatic N) is 1. The summed E-state index contributed by atoms with van der Waals surface area (Å²) in [6, 6.07) is 19.7. The van der Waals surface area contributed by atoms with Crippen molar-refractivity contribution in [1.82, 2.24) is 0 Å². The lowest BCUT2D eigenvalue weighted by atomic mass is 10.1. The second kappa shape index (κ2) is 5.41. The van der Waals surface area contributed by atoms with Gasteiger partial charge in [-0.25, -0.2) is 0 Å². The van der Waals surface area contributed by atoms with Crippen molar-refractivity contribution in [1.29, 1.82) is 0 Å². The lowest BCUT2D eigenvalue weighted by Crippen LogP contribution is -2.13. The van der Waals surface area contributed by atoms with E-state index in [1.165, 1.54) is 11.8 Å². The number of hydrogen-bond acceptors (Lipinski definition) is 3. The van der Waals surface area contributed by atoms with E-state index in [1.807, 2.05) is 60.7 Å². The molecule has 0 fully saturated rings. The van der Waals surface area contributed by atoms with Gasteiger partial charge in [0.25, 0.3) is 0 Å². The lowest BCUT2D eigenvalue weighted by molar-refractivity contribution is -0.111. The Morgan fingerprint density at radius 3 is 2.26 bits per heavy atom. The first-order chi connectivity index (χ1) is 9.33. The molecule has 0 saturated carbocycles. The zero-order valence-electron chi connectivity index (χ0n) is 10.3. The van der Waals surface area contributed by atoms with Crippen LogP contribution in [0, 0.1) is 0 Å². The van der Waals surface area contributed by atoms with Gasteiger partial charge >= 0.3 is 0 Å². The second-order valence-corrected chi connectivity index (χ2v) is 5.42. The SMILES string of the molecule is O=C1SC(c2ccccc2)=N[C@H]1Cc1ccccc1. The summed E-state index contributed by atoms with van der Waals surface area (Å²) in [5.41, 5.74) is 2.18. The fourth-order valence-electron chi connectivity index (χ4n) is 2.06. The molecule has 2 aromatic rings. The summed E-state index contributed by atoms with van der Waals surface area (Å²) in [4.78, 5) is 16.6. The Bertz CT molecular complexity index is 607. The Balaban J connectivity index is 1.80. The molecule has 3 heteroatoms. The zero-order chi connectivity index (χ0) is 13.1. The van der Waals surface area contributed by atoms with Crippen molar-refractivity contribution in [2.45, 2.75) is 12.5 Å². The van der Waals surface area contributed by atoms with Crippen LogP contribution in [0.3, 0.4) is 0 Å². The van der Waals surface area contributed by atoms with E-state index in [0.717, 1.165) is 16.2 Å². The molecule has 0 spiro atoms. The topological polar surface area (TPSA) is 29.4 Å². The lowest BCUT2D eigenvalue weighted by Gasteiger charge is -2.03.